The summed E-state index contributed by atoms with van der Waals surface area (Å²) in [6.45, 7) is 1.82. The van der Waals surface area contributed by atoms with E-state index < -0.39 is 27.9 Å². The molecular formula is C25H21BrN2O6S. The van der Waals surface area contributed by atoms with Crippen LogP contribution in [0.1, 0.15) is 17.5 Å². The molecule has 1 fully saturated rings. The molecule has 0 radical (unpaired) electrons. The molecule has 1 atom stereocenters. The molecular weight excluding hydrogens is 536 g/mol. The average Bonchev–Trinajstić information content (AvgIpc) is 3.41. The number of sulfonamides is 1. The molecule has 1 unspecified atom stereocenters. The van der Waals surface area contributed by atoms with Crippen LogP contribution in [-0.4, -0.2) is 37.4 Å². The molecule has 5 rings (SSSR count). The molecule has 3 aromatic carbocycles. The summed E-state index contributed by atoms with van der Waals surface area (Å²) in [6, 6.07) is 17.0. The standard InChI is InChI=1S/C25H21BrN2O6S/c1-16-2-9-20(10-3-16)35(31,32)27(14-17-4-11-22-23(12-17)34-15-33-22)21-13-24(29)28(25(21)30)19-7-5-18(26)6-8-19/h2-12,21H,13-15H2,1H3. The van der Waals surface area contributed by atoms with Gasteiger partial charge in [0.25, 0.3) is 5.91 Å². The largest absolute Gasteiger partial charge is 0.454 e. The SMILES string of the molecule is Cc1ccc(S(=O)(=O)N(Cc2ccc3c(c2)OCO3)C2CC(=O)N(c3ccc(Br)cc3)C2=O)cc1. The maximum atomic E-state index is 13.8. The van der Waals surface area contributed by atoms with E-state index in [1.165, 1.54) is 12.1 Å². The van der Waals surface area contributed by atoms with Gasteiger partial charge in [-0.3, -0.25) is 9.59 Å². The quantitative estimate of drug-likeness (QED) is 0.426. The van der Waals surface area contributed by atoms with Crippen molar-refractivity contribution in [1.82, 2.24) is 4.31 Å². The fourth-order valence-electron chi connectivity index (χ4n) is 4.13. The third-order valence-electron chi connectivity index (χ3n) is 5.96. The van der Waals surface area contributed by atoms with Crippen molar-refractivity contribution < 1.29 is 27.5 Å². The molecule has 1 saturated heterocycles. The number of hydrogen-bond donors (Lipinski definition) is 0. The van der Waals surface area contributed by atoms with Crippen LogP contribution in [0.4, 0.5) is 5.69 Å². The van der Waals surface area contributed by atoms with Gasteiger partial charge in [0, 0.05) is 11.0 Å². The van der Waals surface area contributed by atoms with Gasteiger partial charge in [-0.25, -0.2) is 13.3 Å². The van der Waals surface area contributed by atoms with Crippen LogP contribution >= 0.6 is 15.9 Å². The van der Waals surface area contributed by atoms with Crippen molar-refractivity contribution in [2.75, 3.05) is 11.7 Å². The first-order valence-electron chi connectivity index (χ1n) is 10.8. The molecule has 10 heteroatoms. The van der Waals surface area contributed by atoms with Crippen LogP contribution < -0.4 is 14.4 Å². The first-order chi connectivity index (χ1) is 16.7. The summed E-state index contributed by atoms with van der Waals surface area (Å²) in [7, 11) is -4.13. The van der Waals surface area contributed by atoms with E-state index >= 15 is 0 Å². The number of nitrogens with zero attached hydrogens (tertiary/aromatic N) is 2. The first-order valence-corrected chi connectivity index (χ1v) is 13.1. The minimum Gasteiger partial charge on any atom is -0.454 e. The molecule has 0 spiro atoms. The van der Waals surface area contributed by atoms with Crippen molar-refractivity contribution in [3.05, 3.63) is 82.3 Å². The summed E-state index contributed by atoms with van der Waals surface area (Å²) in [5.74, 6) is 0.0154. The summed E-state index contributed by atoms with van der Waals surface area (Å²) < 4.78 is 40.3. The van der Waals surface area contributed by atoms with Crippen LogP contribution in [0.15, 0.2) is 76.1 Å². The monoisotopic (exact) mass is 556 g/mol. The number of ether oxygens (including phenoxy) is 2. The first kappa shape index (κ1) is 23.5. The van der Waals surface area contributed by atoms with E-state index in [2.05, 4.69) is 15.9 Å². The molecule has 0 saturated carbocycles. The predicted octanol–water partition coefficient (Wildman–Crippen LogP) is 4.01. The molecule has 2 aliphatic rings. The van der Waals surface area contributed by atoms with Crippen molar-refractivity contribution in [2.24, 2.45) is 0 Å². The third kappa shape index (κ3) is 4.44. The van der Waals surface area contributed by atoms with Crippen molar-refractivity contribution >= 4 is 43.5 Å². The molecule has 35 heavy (non-hydrogen) atoms. The van der Waals surface area contributed by atoms with Gasteiger partial charge in [0.05, 0.1) is 17.0 Å². The van der Waals surface area contributed by atoms with Gasteiger partial charge >= 0.3 is 0 Å². The van der Waals surface area contributed by atoms with Crippen molar-refractivity contribution in [3.63, 3.8) is 0 Å². The van der Waals surface area contributed by atoms with E-state index in [4.69, 9.17) is 9.47 Å². The van der Waals surface area contributed by atoms with Crippen molar-refractivity contribution in [3.8, 4) is 11.5 Å². The number of hydrogen-bond acceptors (Lipinski definition) is 6. The Kier molecular flexibility index (Phi) is 6.12. The summed E-state index contributed by atoms with van der Waals surface area (Å²) in [4.78, 5) is 27.5. The lowest BCUT2D eigenvalue weighted by Crippen LogP contribution is -2.45. The van der Waals surface area contributed by atoms with Crippen molar-refractivity contribution in [2.45, 2.75) is 30.8 Å². The lowest BCUT2D eigenvalue weighted by atomic mass is 10.1. The molecule has 0 bridgehead atoms. The molecule has 0 aromatic heterocycles. The van der Waals surface area contributed by atoms with E-state index in [1.807, 2.05) is 6.92 Å². The zero-order valence-electron chi connectivity index (χ0n) is 18.7. The molecule has 3 aromatic rings. The normalized spacial score (nSPS) is 17.5. The molecule has 0 N–H and O–H groups in total. The van der Waals surface area contributed by atoms with Crippen LogP contribution in [-0.2, 0) is 26.2 Å². The lowest BCUT2D eigenvalue weighted by molar-refractivity contribution is -0.122. The highest BCUT2D eigenvalue weighted by Gasteiger charge is 2.47. The van der Waals surface area contributed by atoms with Crippen LogP contribution in [0.25, 0.3) is 0 Å². The minimum absolute atomic E-state index is 0.0474. The van der Waals surface area contributed by atoms with Gasteiger partial charge < -0.3 is 9.47 Å². The molecule has 2 aliphatic heterocycles. The second-order valence-corrected chi connectivity index (χ2v) is 11.1. The Hall–Kier alpha value is -3.21. The highest BCUT2D eigenvalue weighted by molar-refractivity contribution is 9.10. The number of imide groups is 1. The average molecular weight is 557 g/mol. The minimum atomic E-state index is -4.13. The number of amides is 2. The number of benzene rings is 3. The maximum Gasteiger partial charge on any atom is 0.252 e. The Morgan fingerprint density at radius 1 is 0.971 bits per heavy atom. The third-order valence-corrected chi connectivity index (χ3v) is 8.36. The number of halogens is 1. The number of aryl methyl sites for hydroxylation is 1. The number of anilines is 1. The van der Waals surface area contributed by atoms with Gasteiger partial charge in [0.1, 0.15) is 6.04 Å². The van der Waals surface area contributed by atoms with Crippen LogP contribution in [0.2, 0.25) is 0 Å². The summed E-state index contributed by atoms with van der Waals surface area (Å²) in [6.07, 6.45) is -0.259. The Balaban J connectivity index is 1.54. The smallest absolute Gasteiger partial charge is 0.252 e. The summed E-state index contributed by atoms with van der Waals surface area (Å²) in [5.41, 5.74) is 1.90. The Morgan fingerprint density at radius 3 is 2.37 bits per heavy atom. The highest BCUT2D eigenvalue weighted by Crippen LogP contribution is 2.35. The van der Waals surface area contributed by atoms with Gasteiger partial charge in [-0.05, 0) is 61.0 Å². The predicted molar refractivity (Wildman–Crippen MR) is 132 cm³/mol. The number of carbonyl (C=O) groups is 2. The topological polar surface area (TPSA) is 93.2 Å². The van der Waals surface area contributed by atoms with Gasteiger partial charge in [-0.1, -0.05) is 39.7 Å². The summed E-state index contributed by atoms with van der Waals surface area (Å²) >= 11 is 3.34. The second-order valence-electron chi connectivity index (χ2n) is 8.31. The molecule has 2 heterocycles. The Labute approximate surface area is 211 Å². The summed E-state index contributed by atoms with van der Waals surface area (Å²) in [5, 5.41) is 0. The van der Waals surface area contributed by atoms with Crippen LogP contribution in [0, 0.1) is 6.92 Å². The zero-order valence-corrected chi connectivity index (χ0v) is 21.1. The molecule has 8 nitrogen and oxygen atoms in total. The lowest BCUT2D eigenvalue weighted by Gasteiger charge is -2.27. The Bertz CT molecular complexity index is 1410. The van der Waals surface area contributed by atoms with E-state index in [0.717, 1.165) is 19.2 Å². The van der Waals surface area contributed by atoms with E-state index in [0.29, 0.717) is 22.7 Å². The fraction of sp³-hybridized carbons (Fsp3) is 0.200. The zero-order chi connectivity index (χ0) is 24.7. The van der Waals surface area contributed by atoms with Gasteiger partial charge in [0.15, 0.2) is 11.5 Å². The molecule has 0 aliphatic carbocycles. The molecule has 180 valence electrons. The fourth-order valence-corrected chi connectivity index (χ4v) is 5.96. The number of rotatable bonds is 6. The molecule has 2 amide bonds. The van der Waals surface area contributed by atoms with E-state index in [-0.39, 0.29) is 24.7 Å². The Morgan fingerprint density at radius 2 is 1.66 bits per heavy atom. The van der Waals surface area contributed by atoms with Crippen LogP contribution in [0.3, 0.4) is 0 Å². The van der Waals surface area contributed by atoms with E-state index in [9.17, 15) is 18.0 Å². The van der Waals surface area contributed by atoms with Gasteiger partial charge in [-0.2, -0.15) is 4.31 Å². The highest BCUT2D eigenvalue weighted by atomic mass is 79.9. The number of fused-ring (bicyclic) bond motifs is 1. The number of carbonyl (C=O) groups excluding carboxylic acids is 2. The van der Waals surface area contributed by atoms with Gasteiger partial charge in [0.2, 0.25) is 22.7 Å². The van der Waals surface area contributed by atoms with Crippen molar-refractivity contribution in [1.29, 1.82) is 0 Å². The van der Waals surface area contributed by atoms with Gasteiger partial charge in [-0.15, -0.1) is 0 Å². The maximum absolute atomic E-state index is 13.8. The van der Waals surface area contributed by atoms with E-state index in [1.54, 1.807) is 54.6 Å². The van der Waals surface area contributed by atoms with Crippen LogP contribution in [0.5, 0.6) is 11.5 Å². The second kappa shape index (κ2) is 9.10.